The molecule has 0 aliphatic carbocycles. The van der Waals surface area contributed by atoms with Gasteiger partial charge < -0.3 is 0 Å². The second-order valence-corrected chi connectivity index (χ2v) is 7.32. The molecule has 0 aromatic heterocycles. The van der Waals surface area contributed by atoms with Crippen LogP contribution in [0.2, 0.25) is 0 Å². The van der Waals surface area contributed by atoms with Crippen molar-refractivity contribution in [2.75, 3.05) is 4.72 Å². The number of allylic oxidation sites excluding steroid dienone is 1. The Balaban J connectivity index is 2.16. The van der Waals surface area contributed by atoms with E-state index in [0.29, 0.717) is 11.3 Å². The van der Waals surface area contributed by atoms with Crippen molar-refractivity contribution in [3.63, 3.8) is 0 Å². The minimum Gasteiger partial charge on any atom is -0.288 e. The van der Waals surface area contributed by atoms with E-state index in [1.165, 1.54) is 23.7 Å². The normalized spacial score (nSPS) is 10.8. The molecule has 0 aliphatic heterocycles. The SMILES string of the molecule is O=C(/C=C/C#Cc1cccc(NS(=O)(=O)c2ccc(Br)cc2)c1)NO. The van der Waals surface area contributed by atoms with E-state index < -0.39 is 15.9 Å². The molecular formula is C17H13BrN2O4S. The van der Waals surface area contributed by atoms with Crippen LogP contribution in [0.15, 0.2) is 70.1 Å². The minimum absolute atomic E-state index is 0.144. The van der Waals surface area contributed by atoms with Crippen molar-refractivity contribution >= 4 is 37.5 Å². The largest absolute Gasteiger partial charge is 0.288 e. The van der Waals surface area contributed by atoms with Crippen molar-refractivity contribution in [1.29, 1.82) is 0 Å². The van der Waals surface area contributed by atoms with Crippen LogP contribution >= 0.6 is 15.9 Å². The van der Waals surface area contributed by atoms with Gasteiger partial charge in [0.2, 0.25) is 0 Å². The third-order valence-electron chi connectivity index (χ3n) is 2.88. The first-order valence-electron chi connectivity index (χ1n) is 6.91. The van der Waals surface area contributed by atoms with Gasteiger partial charge in [-0.1, -0.05) is 33.8 Å². The lowest BCUT2D eigenvalue weighted by Crippen LogP contribution is -2.14. The van der Waals surface area contributed by atoms with Gasteiger partial charge in [-0.25, -0.2) is 13.9 Å². The van der Waals surface area contributed by atoms with Crippen LogP contribution in [0.25, 0.3) is 0 Å². The van der Waals surface area contributed by atoms with Crippen LogP contribution in [0.1, 0.15) is 5.56 Å². The first-order chi connectivity index (χ1) is 11.9. The highest BCUT2D eigenvalue weighted by molar-refractivity contribution is 9.10. The maximum Gasteiger partial charge on any atom is 0.267 e. The molecule has 0 saturated heterocycles. The monoisotopic (exact) mass is 420 g/mol. The molecule has 0 heterocycles. The predicted molar refractivity (Wildman–Crippen MR) is 97.3 cm³/mol. The van der Waals surface area contributed by atoms with Crippen molar-refractivity contribution in [3.05, 3.63) is 70.7 Å². The number of carbonyl (C=O) groups excluding carboxylic acids is 1. The molecule has 2 rings (SSSR count). The van der Waals surface area contributed by atoms with Gasteiger partial charge in [-0.3, -0.25) is 14.7 Å². The molecule has 0 fully saturated rings. The molecule has 2 aromatic carbocycles. The Morgan fingerprint density at radius 3 is 2.56 bits per heavy atom. The smallest absolute Gasteiger partial charge is 0.267 e. The second kappa shape index (κ2) is 8.48. The number of rotatable bonds is 4. The van der Waals surface area contributed by atoms with E-state index in [4.69, 9.17) is 5.21 Å². The molecule has 0 spiro atoms. The van der Waals surface area contributed by atoms with E-state index in [1.807, 2.05) is 0 Å². The summed E-state index contributed by atoms with van der Waals surface area (Å²) in [6.07, 6.45) is 2.33. The molecule has 8 heteroatoms. The van der Waals surface area contributed by atoms with E-state index in [2.05, 4.69) is 32.5 Å². The Hall–Kier alpha value is -2.60. The van der Waals surface area contributed by atoms with Gasteiger partial charge in [-0.05, 0) is 48.5 Å². The molecule has 0 atom stereocenters. The average molecular weight is 421 g/mol. The Bertz CT molecular complexity index is 958. The zero-order chi connectivity index (χ0) is 18.3. The maximum absolute atomic E-state index is 12.4. The summed E-state index contributed by atoms with van der Waals surface area (Å²) in [5.41, 5.74) is 2.37. The summed E-state index contributed by atoms with van der Waals surface area (Å²) in [5, 5.41) is 8.34. The fourth-order valence-corrected chi connectivity index (χ4v) is 3.08. The van der Waals surface area contributed by atoms with Gasteiger partial charge in [0.25, 0.3) is 15.9 Å². The van der Waals surface area contributed by atoms with E-state index in [0.717, 1.165) is 10.5 Å². The van der Waals surface area contributed by atoms with Crippen LogP contribution < -0.4 is 10.2 Å². The van der Waals surface area contributed by atoms with Gasteiger partial charge in [-0.2, -0.15) is 0 Å². The number of benzene rings is 2. The number of carbonyl (C=O) groups is 1. The van der Waals surface area contributed by atoms with Crippen molar-refractivity contribution in [3.8, 4) is 11.8 Å². The Morgan fingerprint density at radius 2 is 1.88 bits per heavy atom. The fourth-order valence-electron chi connectivity index (χ4n) is 1.77. The predicted octanol–water partition coefficient (Wildman–Crippen LogP) is 2.66. The highest BCUT2D eigenvalue weighted by atomic mass is 79.9. The van der Waals surface area contributed by atoms with E-state index in [1.54, 1.807) is 36.4 Å². The molecular weight excluding hydrogens is 408 g/mol. The number of sulfonamides is 1. The number of anilines is 1. The first-order valence-corrected chi connectivity index (χ1v) is 9.19. The highest BCUT2D eigenvalue weighted by Gasteiger charge is 2.13. The summed E-state index contributed by atoms with van der Waals surface area (Å²) in [5.74, 6) is 4.68. The van der Waals surface area contributed by atoms with Crippen molar-refractivity contribution in [1.82, 2.24) is 5.48 Å². The quantitative estimate of drug-likeness (QED) is 0.306. The maximum atomic E-state index is 12.4. The molecule has 0 saturated carbocycles. The van der Waals surface area contributed by atoms with Crippen molar-refractivity contribution in [2.45, 2.75) is 4.90 Å². The first kappa shape index (κ1) is 18.7. The van der Waals surface area contributed by atoms with Crippen LogP contribution in [0.4, 0.5) is 5.69 Å². The van der Waals surface area contributed by atoms with Crippen LogP contribution in [0.3, 0.4) is 0 Å². The summed E-state index contributed by atoms with van der Waals surface area (Å²) in [7, 11) is -3.70. The standard InChI is InChI=1S/C17H13BrN2O4S/c18-14-8-10-16(11-9-14)25(23,24)20-15-6-3-5-13(12-15)4-1-2-7-17(21)19-22/h2-3,5-12,20,22H,(H,19,21)/b7-2+. The van der Waals surface area contributed by atoms with Crippen LogP contribution in [-0.2, 0) is 14.8 Å². The van der Waals surface area contributed by atoms with Crippen LogP contribution in [0.5, 0.6) is 0 Å². The van der Waals surface area contributed by atoms with Crippen LogP contribution in [-0.4, -0.2) is 19.5 Å². The Morgan fingerprint density at radius 1 is 1.16 bits per heavy atom. The fraction of sp³-hybridized carbons (Fsp3) is 0. The zero-order valence-electron chi connectivity index (χ0n) is 12.7. The van der Waals surface area contributed by atoms with Gasteiger partial charge in [0, 0.05) is 16.1 Å². The molecule has 6 nitrogen and oxygen atoms in total. The lowest BCUT2D eigenvalue weighted by Gasteiger charge is -2.08. The second-order valence-electron chi connectivity index (χ2n) is 4.72. The molecule has 128 valence electrons. The van der Waals surface area contributed by atoms with Gasteiger partial charge in [0.1, 0.15) is 0 Å². The van der Waals surface area contributed by atoms with E-state index in [-0.39, 0.29) is 4.90 Å². The Labute approximate surface area is 153 Å². The summed E-state index contributed by atoms with van der Waals surface area (Å²) in [6.45, 7) is 0. The Kier molecular flexibility index (Phi) is 6.36. The third-order valence-corrected chi connectivity index (χ3v) is 4.81. The third kappa shape index (κ3) is 5.76. The van der Waals surface area contributed by atoms with Gasteiger partial charge in [0.15, 0.2) is 0 Å². The number of hydroxylamine groups is 1. The van der Waals surface area contributed by atoms with E-state index in [9.17, 15) is 13.2 Å². The average Bonchev–Trinajstić information content (AvgIpc) is 2.59. The van der Waals surface area contributed by atoms with Gasteiger partial charge >= 0.3 is 0 Å². The van der Waals surface area contributed by atoms with E-state index >= 15 is 0 Å². The molecule has 1 amide bonds. The summed E-state index contributed by atoms with van der Waals surface area (Å²) >= 11 is 3.26. The number of hydrogen-bond acceptors (Lipinski definition) is 4. The number of amides is 1. The van der Waals surface area contributed by atoms with Gasteiger partial charge in [-0.15, -0.1) is 0 Å². The number of halogens is 1. The minimum atomic E-state index is -3.70. The molecule has 3 N–H and O–H groups in total. The molecule has 2 aromatic rings. The molecule has 0 bridgehead atoms. The lowest BCUT2D eigenvalue weighted by atomic mass is 10.2. The van der Waals surface area contributed by atoms with Gasteiger partial charge in [0.05, 0.1) is 10.6 Å². The number of hydrogen-bond donors (Lipinski definition) is 3. The molecule has 0 aliphatic rings. The number of nitrogens with one attached hydrogen (secondary N) is 2. The zero-order valence-corrected chi connectivity index (χ0v) is 15.1. The lowest BCUT2D eigenvalue weighted by molar-refractivity contribution is -0.124. The van der Waals surface area contributed by atoms with Crippen molar-refractivity contribution in [2.24, 2.45) is 0 Å². The topological polar surface area (TPSA) is 95.5 Å². The molecule has 0 radical (unpaired) electrons. The van der Waals surface area contributed by atoms with Crippen LogP contribution in [0, 0.1) is 11.8 Å². The molecule has 25 heavy (non-hydrogen) atoms. The molecule has 0 unspecified atom stereocenters. The summed E-state index contributed by atoms with van der Waals surface area (Å²) in [6, 6.07) is 12.8. The van der Waals surface area contributed by atoms with Crippen molar-refractivity contribution < 1.29 is 18.4 Å². The summed E-state index contributed by atoms with van der Waals surface area (Å²) < 4.78 is 28.0. The summed E-state index contributed by atoms with van der Waals surface area (Å²) in [4.78, 5) is 10.9. The highest BCUT2D eigenvalue weighted by Crippen LogP contribution is 2.19.